The molecule has 0 radical (unpaired) electrons. The molecular formula is C26H42O5. The second kappa shape index (κ2) is 8.35. The lowest BCUT2D eigenvalue weighted by molar-refractivity contribution is -0.196. The molecule has 0 unspecified atom stereocenters. The van der Waals surface area contributed by atoms with Gasteiger partial charge >= 0.3 is 11.9 Å². The number of carbonyl (C=O) groups excluding carboxylic acids is 2. The average molecular weight is 435 g/mol. The van der Waals surface area contributed by atoms with Gasteiger partial charge in [-0.15, -0.1) is 0 Å². The predicted octanol–water partition coefficient (Wildman–Crippen LogP) is 4.75. The van der Waals surface area contributed by atoms with Gasteiger partial charge in [-0.3, -0.25) is 9.59 Å². The first-order valence-corrected chi connectivity index (χ1v) is 12.5. The van der Waals surface area contributed by atoms with Crippen molar-refractivity contribution < 1.29 is 24.2 Å². The molecule has 0 aromatic carbocycles. The van der Waals surface area contributed by atoms with Gasteiger partial charge in [0.2, 0.25) is 0 Å². The number of carbonyl (C=O) groups is 2. The largest absolute Gasteiger partial charge is 0.469 e. The van der Waals surface area contributed by atoms with Crippen molar-refractivity contribution in [2.24, 2.45) is 46.3 Å². The SMILES string of the molecule is COC(=O)C[C@H](C)[C@@H]1CC[C@@H]2[C@@H]3CC[C@H]4C[C@H](O)CC[C@]4(C)[C@H]3C[C@H](OC(C)=O)[C@]21C. The van der Waals surface area contributed by atoms with Gasteiger partial charge in [-0.05, 0) is 92.3 Å². The fourth-order valence-electron chi connectivity index (χ4n) is 9.00. The van der Waals surface area contributed by atoms with Crippen LogP contribution in [0.15, 0.2) is 0 Å². The van der Waals surface area contributed by atoms with Crippen LogP contribution < -0.4 is 0 Å². The second-order valence-electron chi connectivity index (χ2n) is 11.7. The Morgan fingerprint density at radius 3 is 2.48 bits per heavy atom. The van der Waals surface area contributed by atoms with Crippen LogP contribution >= 0.6 is 0 Å². The summed E-state index contributed by atoms with van der Waals surface area (Å²) in [6.45, 7) is 8.52. The molecule has 0 amide bonds. The third-order valence-electron chi connectivity index (χ3n) is 10.5. The molecule has 0 spiro atoms. The molecule has 1 N–H and O–H groups in total. The van der Waals surface area contributed by atoms with E-state index in [1.165, 1.54) is 26.9 Å². The number of hydrogen-bond donors (Lipinski definition) is 1. The zero-order valence-electron chi connectivity index (χ0n) is 20.1. The average Bonchev–Trinajstić information content (AvgIpc) is 3.07. The van der Waals surface area contributed by atoms with Crippen molar-refractivity contribution in [2.45, 2.75) is 97.7 Å². The molecule has 0 saturated heterocycles. The van der Waals surface area contributed by atoms with E-state index in [1.54, 1.807) is 0 Å². The van der Waals surface area contributed by atoms with Crippen LogP contribution in [0.25, 0.3) is 0 Å². The molecule has 0 aromatic heterocycles. The Hall–Kier alpha value is -1.10. The lowest BCUT2D eigenvalue weighted by atomic mass is 9.43. The Morgan fingerprint density at radius 2 is 1.81 bits per heavy atom. The molecule has 4 fully saturated rings. The van der Waals surface area contributed by atoms with Crippen LogP contribution in [0.2, 0.25) is 0 Å². The van der Waals surface area contributed by atoms with Crippen LogP contribution in [0, 0.1) is 46.3 Å². The van der Waals surface area contributed by atoms with Crippen LogP contribution in [0.1, 0.15) is 85.5 Å². The van der Waals surface area contributed by atoms with E-state index < -0.39 is 0 Å². The van der Waals surface area contributed by atoms with E-state index in [0.717, 1.165) is 38.5 Å². The number of ether oxygens (including phenoxy) is 2. The summed E-state index contributed by atoms with van der Waals surface area (Å²) in [5, 5.41) is 10.3. The fraction of sp³-hybridized carbons (Fsp3) is 0.923. The number of methoxy groups -OCH3 is 1. The molecule has 4 rings (SSSR count). The van der Waals surface area contributed by atoms with E-state index in [2.05, 4.69) is 20.8 Å². The van der Waals surface area contributed by atoms with Gasteiger partial charge in [0, 0.05) is 18.8 Å². The quantitative estimate of drug-likeness (QED) is 0.647. The fourth-order valence-corrected chi connectivity index (χ4v) is 9.00. The summed E-state index contributed by atoms with van der Waals surface area (Å²) in [5.41, 5.74) is 0.148. The van der Waals surface area contributed by atoms with E-state index in [1.807, 2.05) is 0 Å². The number of rotatable bonds is 4. The topological polar surface area (TPSA) is 72.8 Å². The molecule has 4 aliphatic carbocycles. The number of aliphatic hydroxyl groups is 1. The minimum Gasteiger partial charge on any atom is -0.469 e. The summed E-state index contributed by atoms with van der Waals surface area (Å²) in [6, 6.07) is 0. The highest BCUT2D eigenvalue weighted by atomic mass is 16.5. The van der Waals surface area contributed by atoms with Gasteiger partial charge in [-0.25, -0.2) is 0 Å². The Labute approximate surface area is 187 Å². The van der Waals surface area contributed by atoms with Crippen molar-refractivity contribution >= 4 is 11.9 Å². The number of hydrogen-bond acceptors (Lipinski definition) is 5. The molecule has 0 aromatic rings. The molecule has 4 aliphatic rings. The standard InChI is InChI=1S/C26H42O5/c1-15(12-24(29)30-5)20-8-9-21-19-7-6-17-13-18(28)10-11-25(17,3)22(19)14-23(26(20,21)4)31-16(2)27/h15,17-23,28H,6-14H2,1-5H3/t15-,17-,18+,19-,20-,21+,22-,23-,25-,26-/m0/s1. The Kier molecular flexibility index (Phi) is 6.22. The molecule has 176 valence electrons. The smallest absolute Gasteiger partial charge is 0.305 e. The van der Waals surface area contributed by atoms with Crippen LogP contribution in [0.5, 0.6) is 0 Å². The summed E-state index contributed by atoms with van der Waals surface area (Å²) >= 11 is 0. The molecule has 10 atom stereocenters. The maximum Gasteiger partial charge on any atom is 0.305 e. The molecule has 31 heavy (non-hydrogen) atoms. The molecule has 5 nitrogen and oxygen atoms in total. The molecule has 0 bridgehead atoms. The lowest BCUT2D eigenvalue weighted by Crippen LogP contribution is -2.59. The Balaban J connectivity index is 1.66. The maximum atomic E-state index is 12.2. The monoisotopic (exact) mass is 434 g/mol. The Bertz CT molecular complexity index is 706. The summed E-state index contributed by atoms with van der Waals surface area (Å²) in [5.74, 6) is 2.56. The van der Waals surface area contributed by atoms with Crippen LogP contribution in [-0.2, 0) is 19.1 Å². The van der Waals surface area contributed by atoms with Gasteiger partial charge in [0.05, 0.1) is 13.2 Å². The van der Waals surface area contributed by atoms with Gasteiger partial charge in [0.15, 0.2) is 0 Å². The minimum absolute atomic E-state index is 0.0857. The number of aliphatic hydroxyl groups excluding tert-OH is 1. The normalized spacial score (nSPS) is 47.5. The highest BCUT2D eigenvalue weighted by Crippen LogP contribution is 2.68. The third-order valence-corrected chi connectivity index (χ3v) is 10.5. The van der Waals surface area contributed by atoms with Gasteiger partial charge < -0.3 is 14.6 Å². The summed E-state index contributed by atoms with van der Waals surface area (Å²) < 4.78 is 11.1. The van der Waals surface area contributed by atoms with Crippen molar-refractivity contribution in [3.63, 3.8) is 0 Å². The Morgan fingerprint density at radius 1 is 1.06 bits per heavy atom. The molecule has 5 heteroatoms. The first-order valence-electron chi connectivity index (χ1n) is 12.5. The van der Waals surface area contributed by atoms with Crippen LogP contribution in [0.4, 0.5) is 0 Å². The van der Waals surface area contributed by atoms with Gasteiger partial charge in [-0.1, -0.05) is 20.8 Å². The molecular weight excluding hydrogens is 392 g/mol. The van der Waals surface area contributed by atoms with Gasteiger partial charge in [0.25, 0.3) is 0 Å². The van der Waals surface area contributed by atoms with E-state index in [9.17, 15) is 14.7 Å². The first kappa shape index (κ1) is 23.1. The van der Waals surface area contributed by atoms with E-state index in [0.29, 0.717) is 36.0 Å². The van der Waals surface area contributed by atoms with Crippen LogP contribution in [-0.4, -0.2) is 36.4 Å². The summed E-state index contributed by atoms with van der Waals surface area (Å²) in [4.78, 5) is 24.2. The number of esters is 2. The highest BCUT2D eigenvalue weighted by Gasteiger charge is 2.65. The highest BCUT2D eigenvalue weighted by molar-refractivity contribution is 5.69. The lowest BCUT2D eigenvalue weighted by Gasteiger charge is -2.62. The van der Waals surface area contributed by atoms with Crippen molar-refractivity contribution in [3.05, 3.63) is 0 Å². The van der Waals surface area contributed by atoms with E-state index in [4.69, 9.17) is 9.47 Å². The van der Waals surface area contributed by atoms with Crippen molar-refractivity contribution in [3.8, 4) is 0 Å². The zero-order valence-corrected chi connectivity index (χ0v) is 20.1. The zero-order chi connectivity index (χ0) is 22.6. The van der Waals surface area contributed by atoms with Gasteiger partial charge in [0.1, 0.15) is 6.10 Å². The predicted molar refractivity (Wildman–Crippen MR) is 118 cm³/mol. The van der Waals surface area contributed by atoms with Crippen molar-refractivity contribution in [1.82, 2.24) is 0 Å². The van der Waals surface area contributed by atoms with E-state index >= 15 is 0 Å². The third kappa shape index (κ3) is 3.73. The van der Waals surface area contributed by atoms with Crippen LogP contribution in [0.3, 0.4) is 0 Å². The van der Waals surface area contributed by atoms with Crippen molar-refractivity contribution in [2.75, 3.05) is 7.11 Å². The second-order valence-corrected chi connectivity index (χ2v) is 11.7. The molecule has 0 aliphatic heterocycles. The summed E-state index contributed by atoms with van der Waals surface area (Å²) in [7, 11) is 1.46. The minimum atomic E-state index is -0.189. The van der Waals surface area contributed by atoms with Gasteiger partial charge in [-0.2, -0.15) is 0 Å². The molecule has 4 saturated carbocycles. The van der Waals surface area contributed by atoms with Crippen molar-refractivity contribution in [1.29, 1.82) is 0 Å². The summed E-state index contributed by atoms with van der Waals surface area (Å²) in [6.07, 6.45) is 8.73. The van der Waals surface area contributed by atoms with E-state index in [-0.39, 0.29) is 40.9 Å². The molecule has 0 heterocycles. The maximum absolute atomic E-state index is 12.2. The first-order chi connectivity index (χ1) is 14.6. The number of fused-ring (bicyclic) bond motifs is 5.